The fourth-order valence-corrected chi connectivity index (χ4v) is 4.00. The van der Waals surface area contributed by atoms with Gasteiger partial charge in [0.25, 0.3) is 0 Å². The van der Waals surface area contributed by atoms with Crippen LogP contribution in [0.15, 0.2) is 0 Å². The largest absolute Gasteiger partial charge is 0.392 e. The monoisotopic (exact) mass is 294 g/mol. The van der Waals surface area contributed by atoms with Crippen molar-refractivity contribution in [1.29, 1.82) is 0 Å². The number of nitrogens with two attached hydrogens (primary N) is 1. The van der Waals surface area contributed by atoms with Gasteiger partial charge in [-0.05, 0) is 19.3 Å². The summed E-state index contributed by atoms with van der Waals surface area (Å²) in [6.45, 7) is 2.42. The van der Waals surface area contributed by atoms with Crippen LogP contribution in [0.3, 0.4) is 0 Å². The van der Waals surface area contributed by atoms with Gasteiger partial charge in [-0.15, -0.1) is 0 Å². The van der Waals surface area contributed by atoms with Crippen LogP contribution >= 0.6 is 12.2 Å². The van der Waals surface area contributed by atoms with E-state index in [0.717, 1.165) is 12.8 Å². The van der Waals surface area contributed by atoms with Crippen molar-refractivity contribution in [3.63, 3.8) is 0 Å². The van der Waals surface area contributed by atoms with Crippen molar-refractivity contribution in [2.45, 2.75) is 50.4 Å². The first-order chi connectivity index (χ1) is 8.47. The van der Waals surface area contributed by atoms with Crippen LogP contribution < -0.4 is 10.5 Å². The van der Waals surface area contributed by atoms with Crippen molar-refractivity contribution in [1.82, 2.24) is 4.72 Å². The first kappa shape index (κ1) is 15.8. The Balaban J connectivity index is 2.30. The maximum atomic E-state index is 11.9. The molecule has 0 aliphatic heterocycles. The second-order valence-corrected chi connectivity index (χ2v) is 6.93. The number of ether oxygens (including phenoxy) is 1. The number of nitrogens with one attached hydrogen (secondary N) is 1. The van der Waals surface area contributed by atoms with Crippen LogP contribution in [0.4, 0.5) is 0 Å². The zero-order valence-corrected chi connectivity index (χ0v) is 12.4. The molecule has 0 aromatic carbocycles. The number of sulfonamides is 1. The standard InChI is InChI=1S/C11H22N2O3S2/c1-2-10(11(12)17)18(14,15)13-7-8-16-9-5-3-4-6-9/h9-10,13H,2-8H2,1H3,(H2,12,17). The van der Waals surface area contributed by atoms with Crippen LogP contribution in [0.2, 0.25) is 0 Å². The molecule has 1 aliphatic carbocycles. The average molecular weight is 294 g/mol. The van der Waals surface area contributed by atoms with Crippen molar-refractivity contribution in [3.05, 3.63) is 0 Å². The Labute approximate surface area is 115 Å². The third-order valence-corrected chi connectivity index (χ3v) is 5.50. The quantitative estimate of drug-likeness (QED) is 0.514. The van der Waals surface area contributed by atoms with Gasteiger partial charge in [-0.1, -0.05) is 32.0 Å². The molecule has 1 saturated carbocycles. The summed E-state index contributed by atoms with van der Waals surface area (Å²) >= 11 is 4.76. The molecule has 0 aromatic rings. The summed E-state index contributed by atoms with van der Waals surface area (Å²) in [5, 5.41) is -0.793. The second-order valence-electron chi connectivity index (χ2n) is 4.52. The van der Waals surface area contributed by atoms with Crippen molar-refractivity contribution >= 4 is 27.2 Å². The summed E-state index contributed by atoms with van der Waals surface area (Å²) in [6, 6.07) is 0. The van der Waals surface area contributed by atoms with Gasteiger partial charge in [0.15, 0.2) is 0 Å². The topological polar surface area (TPSA) is 81.4 Å². The molecule has 1 fully saturated rings. The zero-order chi connectivity index (χ0) is 13.6. The third-order valence-electron chi connectivity index (χ3n) is 3.12. The molecule has 0 saturated heterocycles. The minimum absolute atomic E-state index is 0.0155. The summed E-state index contributed by atoms with van der Waals surface area (Å²) in [7, 11) is -3.46. The predicted octanol–water partition coefficient (Wildman–Crippen LogP) is 0.930. The zero-order valence-electron chi connectivity index (χ0n) is 10.7. The number of hydrogen-bond acceptors (Lipinski definition) is 4. The fraction of sp³-hybridized carbons (Fsp3) is 0.909. The summed E-state index contributed by atoms with van der Waals surface area (Å²) in [5.41, 5.74) is 5.42. The molecule has 0 aromatic heterocycles. The van der Waals surface area contributed by atoms with Gasteiger partial charge < -0.3 is 10.5 Å². The van der Waals surface area contributed by atoms with Gasteiger partial charge >= 0.3 is 0 Å². The van der Waals surface area contributed by atoms with E-state index < -0.39 is 15.3 Å². The van der Waals surface area contributed by atoms with Crippen molar-refractivity contribution in [3.8, 4) is 0 Å². The van der Waals surface area contributed by atoms with E-state index in [-0.39, 0.29) is 11.5 Å². The van der Waals surface area contributed by atoms with E-state index in [1.54, 1.807) is 6.92 Å². The molecule has 106 valence electrons. The van der Waals surface area contributed by atoms with Gasteiger partial charge in [-0.2, -0.15) is 0 Å². The molecule has 1 aliphatic rings. The van der Waals surface area contributed by atoms with Gasteiger partial charge in [0.05, 0.1) is 17.7 Å². The lowest BCUT2D eigenvalue weighted by atomic mass is 10.3. The molecule has 0 bridgehead atoms. The van der Waals surface area contributed by atoms with E-state index in [2.05, 4.69) is 4.72 Å². The Bertz CT molecular complexity index is 364. The summed E-state index contributed by atoms with van der Waals surface area (Å²) in [6.07, 6.45) is 5.25. The molecule has 5 nitrogen and oxygen atoms in total. The van der Waals surface area contributed by atoms with Gasteiger partial charge in [0, 0.05) is 6.54 Å². The predicted molar refractivity (Wildman–Crippen MR) is 76.0 cm³/mol. The van der Waals surface area contributed by atoms with E-state index in [4.69, 9.17) is 22.7 Å². The van der Waals surface area contributed by atoms with E-state index >= 15 is 0 Å². The van der Waals surface area contributed by atoms with E-state index in [1.165, 1.54) is 12.8 Å². The summed E-state index contributed by atoms with van der Waals surface area (Å²) < 4.78 is 31.8. The molecular weight excluding hydrogens is 272 g/mol. The maximum Gasteiger partial charge on any atom is 0.221 e. The van der Waals surface area contributed by atoms with Crippen molar-refractivity contribution < 1.29 is 13.2 Å². The summed E-state index contributed by atoms with van der Waals surface area (Å²) in [4.78, 5) is 0.0155. The Hall–Kier alpha value is -0.240. The minimum Gasteiger partial charge on any atom is -0.392 e. The molecule has 18 heavy (non-hydrogen) atoms. The van der Waals surface area contributed by atoms with Crippen molar-refractivity contribution in [2.24, 2.45) is 5.73 Å². The molecule has 1 rings (SSSR count). The molecular formula is C11H22N2O3S2. The molecule has 0 amide bonds. The molecule has 0 heterocycles. The van der Waals surface area contributed by atoms with Gasteiger partial charge in [-0.25, -0.2) is 13.1 Å². The van der Waals surface area contributed by atoms with Crippen molar-refractivity contribution in [2.75, 3.05) is 13.2 Å². The Kier molecular flexibility index (Phi) is 6.48. The Morgan fingerprint density at radius 1 is 1.50 bits per heavy atom. The van der Waals surface area contributed by atoms with Crippen LogP contribution in [0, 0.1) is 0 Å². The average Bonchev–Trinajstić information content (AvgIpc) is 2.77. The highest BCUT2D eigenvalue weighted by molar-refractivity contribution is 7.93. The first-order valence-electron chi connectivity index (χ1n) is 6.36. The molecule has 0 radical (unpaired) electrons. The van der Waals surface area contributed by atoms with Crippen LogP contribution in [0.1, 0.15) is 39.0 Å². The van der Waals surface area contributed by atoms with E-state index in [0.29, 0.717) is 19.1 Å². The number of rotatable bonds is 8. The van der Waals surface area contributed by atoms with Gasteiger partial charge in [-0.3, -0.25) is 0 Å². The number of hydrogen-bond donors (Lipinski definition) is 2. The highest BCUT2D eigenvalue weighted by Crippen LogP contribution is 2.20. The van der Waals surface area contributed by atoms with Crippen LogP contribution in [0.25, 0.3) is 0 Å². The lowest BCUT2D eigenvalue weighted by Gasteiger charge is -2.16. The lowest BCUT2D eigenvalue weighted by Crippen LogP contribution is -2.42. The number of thiocarbonyl (C=S) groups is 1. The van der Waals surface area contributed by atoms with Gasteiger partial charge in [0.1, 0.15) is 5.25 Å². The smallest absolute Gasteiger partial charge is 0.221 e. The normalized spacial score (nSPS) is 18.9. The highest BCUT2D eigenvalue weighted by Gasteiger charge is 2.25. The maximum absolute atomic E-state index is 11.9. The fourth-order valence-electron chi connectivity index (χ4n) is 2.14. The molecule has 3 N–H and O–H groups in total. The first-order valence-corrected chi connectivity index (χ1v) is 8.32. The Morgan fingerprint density at radius 2 is 2.11 bits per heavy atom. The summed E-state index contributed by atoms with van der Waals surface area (Å²) in [5.74, 6) is 0. The molecule has 1 atom stereocenters. The lowest BCUT2D eigenvalue weighted by molar-refractivity contribution is 0.0626. The Morgan fingerprint density at radius 3 is 2.61 bits per heavy atom. The third kappa shape index (κ3) is 4.79. The molecule has 7 heteroatoms. The minimum atomic E-state index is -3.46. The van der Waals surface area contributed by atoms with Gasteiger partial charge in [0.2, 0.25) is 10.0 Å². The van der Waals surface area contributed by atoms with E-state index in [9.17, 15) is 8.42 Å². The van der Waals surface area contributed by atoms with E-state index in [1.807, 2.05) is 0 Å². The van der Waals surface area contributed by atoms with Crippen LogP contribution in [-0.4, -0.2) is 37.9 Å². The molecule has 1 unspecified atom stereocenters. The van der Waals surface area contributed by atoms with Crippen LogP contribution in [-0.2, 0) is 14.8 Å². The molecule has 0 spiro atoms. The SMILES string of the molecule is CCC(C(N)=S)S(=O)(=O)NCCOC1CCCC1. The second kappa shape index (κ2) is 7.37. The highest BCUT2D eigenvalue weighted by atomic mass is 32.2. The van der Waals surface area contributed by atoms with Crippen LogP contribution in [0.5, 0.6) is 0 Å².